The number of carbonyl (C=O) groups is 1. The lowest BCUT2D eigenvalue weighted by atomic mass is 10.0. The topological polar surface area (TPSA) is 32.3 Å². The van der Waals surface area contributed by atoms with Gasteiger partial charge in [-0.05, 0) is 36.2 Å². The predicted molar refractivity (Wildman–Crippen MR) is 91.2 cm³/mol. The summed E-state index contributed by atoms with van der Waals surface area (Å²) < 4.78 is 0. The molecule has 0 saturated carbocycles. The molecule has 2 aromatic carbocycles. The molecule has 3 heteroatoms. The van der Waals surface area contributed by atoms with E-state index in [1.54, 1.807) is 0 Å². The number of nitrogens with zero attached hydrogens (tertiary/aromatic N) is 1. The Bertz CT molecular complexity index is 641. The number of benzene rings is 2. The fraction of sp³-hybridized carbons (Fsp3) is 0.421. The van der Waals surface area contributed by atoms with Crippen molar-refractivity contribution in [1.29, 1.82) is 0 Å². The summed E-state index contributed by atoms with van der Waals surface area (Å²) in [7, 11) is 0. The third kappa shape index (κ3) is 3.00. The predicted octanol–water partition coefficient (Wildman–Crippen LogP) is 3.44. The monoisotopic (exact) mass is 296 g/mol. The maximum absolute atomic E-state index is 13.1. The number of carbonyl (C=O) groups excluding carboxylic acids is 1. The standard InChI is InChI=1S/C19H24N2O/c1-2-3-13-21(16-11-12-20-14-16)19(22)18-10-6-8-15-7-4-5-9-17(15)18/h4-10,16,20H,2-3,11-14H2,1H3/t16-/m0/s1. The van der Waals surface area contributed by atoms with Gasteiger partial charge in [0.05, 0.1) is 0 Å². The van der Waals surface area contributed by atoms with Crippen LogP contribution in [-0.4, -0.2) is 36.5 Å². The normalized spacial score (nSPS) is 17.8. The number of nitrogens with one attached hydrogen (secondary N) is 1. The zero-order chi connectivity index (χ0) is 15.4. The lowest BCUT2D eigenvalue weighted by Crippen LogP contribution is -2.42. The molecule has 1 amide bonds. The molecular weight excluding hydrogens is 272 g/mol. The molecule has 1 aliphatic heterocycles. The van der Waals surface area contributed by atoms with E-state index >= 15 is 0 Å². The number of rotatable bonds is 5. The van der Waals surface area contributed by atoms with Crippen molar-refractivity contribution >= 4 is 16.7 Å². The summed E-state index contributed by atoms with van der Waals surface area (Å²) in [6, 6.07) is 14.5. The third-order valence-corrected chi connectivity index (χ3v) is 4.51. The van der Waals surface area contributed by atoms with Gasteiger partial charge in [0.1, 0.15) is 0 Å². The van der Waals surface area contributed by atoms with Crippen LogP contribution < -0.4 is 5.32 Å². The number of fused-ring (bicyclic) bond motifs is 1. The quantitative estimate of drug-likeness (QED) is 0.916. The first-order valence-corrected chi connectivity index (χ1v) is 8.30. The Balaban J connectivity index is 1.94. The van der Waals surface area contributed by atoms with Crippen LogP contribution in [0.2, 0.25) is 0 Å². The molecule has 3 nitrogen and oxygen atoms in total. The highest BCUT2D eigenvalue weighted by Gasteiger charge is 2.27. The van der Waals surface area contributed by atoms with Crippen molar-refractivity contribution in [3.05, 3.63) is 48.0 Å². The largest absolute Gasteiger partial charge is 0.334 e. The van der Waals surface area contributed by atoms with Crippen molar-refractivity contribution in [3.8, 4) is 0 Å². The molecule has 0 aromatic heterocycles. The van der Waals surface area contributed by atoms with E-state index in [9.17, 15) is 4.79 Å². The van der Waals surface area contributed by atoms with Gasteiger partial charge in [0, 0.05) is 24.7 Å². The van der Waals surface area contributed by atoms with E-state index < -0.39 is 0 Å². The van der Waals surface area contributed by atoms with Crippen molar-refractivity contribution in [3.63, 3.8) is 0 Å². The number of unbranched alkanes of at least 4 members (excludes halogenated alkanes) is 1. The average Bonchev–Trinajstić information content (AvgIpc) is 3.09. The lowest BCUT2D eigenvalue weighted by molar-refractivity contribution is 0.0691. The Labute approximate surface area is 132 Å². The van der Waals surface area contributed by atoms with E-state index in [4.69, 9.17) is 0 Å². The van der Waals surface area contributed by atoms with E-state index in [2.05, 4.69) is 29.3 Å². The van der Waals surface area contributed by atoms with Crippen LogP contribution in [-0.2, 0) is 0 Å². The molecule has 0 unspecified atom stereocenters. The summed E-state index contributed by atoms with van der Waals surface area (Å²) in [5.74, 6) is 0.180. The minimum Gasteiger partial charge on any atom is -0.334 e. The molecule has 22 heavy (non-hydrogen) atoms. The van der Waals surface area contributed by atoms with Crippen LogP contribution in [0, 0.1) is 0 Å². The van der Waals surface area contributed by atoms with Gasteiger partial charge in [0.15, 0.2) is 0 Å². The zero-order valence-electron chi connectivity index (χ0n) is 13.2. The SMILES string of the molecule is CCCCN(C(=O)c1cccc2ccccc12)[C@H]1CCNC1. The average molecular weight is 296 g/mol. The fourth-order valence-electron chi connectivity index (χ4n) is 3.25. The summed E-state index contributed by atoms with van der Waals surface area (Å²) in [6.07, 6.45) is 3.23. The molecule has 1 saturated heterocycles. The van der Waals surface area contributed by atoms with Gasteiger partial charge in [-0.15, -0.1) is 0 Å². The molecule has 3 rings (SSSR count). The number of hydrogen-bond donors (Lipinski definition) is 1. The second kappa shape index (κ2) is 6.93. The van der Waals surface area contributed by atoms with E-state index in [1.807, 2.05) is 30.3 Å². The van der Waals surface area contributed by atoms with Crippen molar-refractivity contribution in [2.75, 3.05) is 19.6 Å². The summed E-state index contributed by atoms with van der Waals surface area (Å²) in [4.78, 5) is 15.2. The summed E-state index contributed by atoms with van der Waals surface area (Å²) in [5, 5.41) is 5.57. The molecule has 1 N–H and O–H groups in total. The maximum Gasteiger partial charge on any atom is 0.254 e. The van der Waals surface area contributed by atoms with Crippen LogP contribution in [0.15, 0.2) is 42.5 Å². The minimum absolute atomic E-state index is 0.180. The van der Waals surface area contributed by atoms with Gasteiger partial charge in [0.2, 0.25) is 0 Å². The van der Waals surface area contributed by atoms with Crippen LogP contribution in [0.1, 0.15) is 36.5 Å². The molecule has 0 radical (unpaired) electrons. The van der Waals surface area contributed by atoms with Crippen LogP contribution in [0.3, 0.4) is 0 Å². The second-order valence-corrected chi connectivity index (χ2v) is 6.03. The first-order chi connectivity index (χ1) is 10.8. The highest BCUT2D eigenvalue weighted by molar-refractivity contribution is 6.07. The van der Waals surface area contributed by atoms with Gasteiger partial charge < -0.3 is 10.2 Å². The Morgan fingerprint density at radius 3 is 2.82 bits per heavy atom. The van der Waals surface area contributed by atoms with Crippen molar-refractivity contribution in [1.82, 2.24) is 10.2 Å². The highest BCUT2D eigenvalue weighted by atomic mass is 16.2. The molecule has 0 spiro atoms. The van der Waals surface area contributed by atoms with E-state index in [-0.39, 0.29) is 5.91 Å². The van der Waals surface area contributed by atoms with E-state index in [1.165, 1.54) is 0 Å². The smallest absolute Gasteiger partial charge is 0.254 e. The van der Waals surface area contributed by atoms with Gasteiger partial charge in [-0.3, -0.25) is 4.79 Å². The lowest BCUT2D eigenvalue weighted by Gasteiger charge is -2.29. The number of amides is 1. The molecule has 1 aliphatic rings. The van der Waals surface area contributed by atoms with Gasteiger partial charge in [-0.25, -0.2) is 0 Å². The van der Waals surface area contributed by atoms with E-state index in [0.29, 0.717) is 6.04 Å². The molecule has 1 atom stereocenters. The Hall–Kier alpha value is -1.87. The second-order valence-electron chi connectivity index (χ2n) is 6.03. The van der Waals surface area contributed by atoms with Gasteiger partial charge in [-0.2, -0.15) is 0 Å². The van der Waals surface area contributed by atoms with Gasteiger partial charge in [0.25, 0.3) is 5.91 Å². The first-order valence-electron chi connectivity index (χ1n) is 8.30. The molecule has 1 fully saturated rings. The van der Waals surface area contributed by atoms with Crippen LogP contribution in [0.4, 0.5) is 0 Å². The molecule has 116 valence electrons. The number of hydrogen-bond acceptors (Lipinski definition) is 2. The molecule has 1 heterocycles. The summed E-state index contributed by atoms with van der Waals surface area (Å²) in [6.45, 7) is 4.95. The first kappa shape index (κ1) is 15.0. The Morgan fingerprint density at radius 1 is 1.23 bits per heavy atom. The highest BCUT2D eigenvalue weighted by Crippen LogP contribution is 2.22. The third-order valence-electron chi connectivity index (χ3n) is 4.51. The fourth-order valence-corrected chi connectivity index (χ4v) is 3.25. The summed E-state index contributed by atoms with van der Waals surface area (Å²) in [5.41, 5.74) is 0.834. The van der Waals surface area contributed by atoms with Gasteiger partial charge in [-0.1, -0.05) is 49.7 Å². The molecule has 0 bridgehead atoms. The zero-order valence-corrected chi connectivity index (χ0v) is 13.2. The van der Waals surface area contributed by atoms with Crippen LogP contribution >= 0.6 is 0 Å². The van der Waals surface area contributed by atoms with Crippen molar-refractivity contribution in [2.45, 2.75) is 32.2 Å². The molecular formula is C19H24N2O. The summed E-state index contributed by atoms with van der Waals surface area (Å²) >= 11 is 0. The van der Waals surface area contributed by atoms with Crippen molar-refractivity contribution in [2.24, 2.45) is 0 Å². The van der Waals surface area contributed by atoms with Crippen LogP contribution in [0.25, 0.3) is 10.8 Å². The van der Waals surface area contributed by atoms with Crippen LogP contribution in [0.5, 0.6) is 0 Å². The van der Waals surface area contributed by atoms with Crippen molar-refractivity contribution < 1.29 is 4.79 Å². The molecule has 0 aliphatic carbocycles. The van der Waals surface area contributed by atoms with E-state index in [0.717, 1.165) is 55.2 Å². The minimum atomic E-state index is 0.180. The Morgan fingerprint density at radius 2 is 2.05 bits per heavy atom. The Kier molecular flexibility index (Phi) is 4.74. The molecule has 2 aromatic rings. The van der Waals surface area contributed by atoms with Gasteiger partial charge >= 0.3 is 0 Å². The maximum atomic E-state index is 13.1.